The lowest BCUT2D eigenvalue weighted by atomic mass is 10.1. The summed E-state index contributed by atoms with van der Waals surface area (Å²) in [5.74, 6) is 0.276. The summed E-state index contributed by atoms with van der Waals surface area (Å²) < 4.78 is 25.3. The van der Waals surface area contributed by atoms with E-state index in [1.165, 1.54) is 39.1 Å². The normalized spacial score (nSPS) is 9.82. The molecular weight excluding hydrogens is 433 g/mol. The van der Waals surface area contributed by atoms with Crippen LogP contribution in [0, 0.1) is 0 Å². The molecule has 180 valence electrons. The summed E-state index contributed by atoms with van der Waals surface area (Å²) >= 11 is 0. The van der Waals surface area contributed by atoms with Crippen LogP contribution in [-0.4, -0.2) is 51.7 Å². The molecule has 2 aromatic rings. The number of carbonyl (C=O) groups is 2. The van der Waals surface area contributed by atoms with Gasteiger partial charge in [-0.1, -0.05) is 26.0 Å². The molecule has 0 fully saturated rings. The van der Waals surface area contributed by atoms with Gasteiger partial charge in [-0.15, -0.1) is 0 Å². The molecular formula is C23H30FN3O6. The number of amides is 2. The predicted molar refractivity (Wildman–Crippen MR) is 125 cm³/mol. The molecule has 2 aromatic carbocycles. The molecule has 0 saturated carbocycles. The van der Waals surface area contributed by atoms with E-state index in [9.17, 15) is 14.0 Å². The number of rotatable bonds is 8. The van der Waals surface area contributed by atoms with E-state index < -0.39 is 11.8 Å². The van der Waals surface area contributed by atoms with E-state index in [2.05, 4.69) is 10.5 Å². The molecule has 0 heterocycles. The number of hydrogen-bond donors (Lipinski definition) is 3. The van der Waals surface area contributed by atoms with E-state index in [1.54, 1.807) is 36.4 Å². The molecule has 0 spiro atoms. The summed E-state index contributed by atoms with van der Waals surface area (Å²) in [6.07, 6.45) is 4.04. The maximum atomic E-state index is 12.3. The smallest absolute Gasteiger partial charge is 0.271 e. The van der Waals surface area contributed by atoms with Crippen molar-refractivity contribution < 1.29 is 33.4 Å². The topological polar surface area (TPSA) is 118 Å². The van der Waals surface area contributed by atoms with Crippen molar-refractivity contribution >= 4 is 24.1 Å². The molecule has 0 aliphatic heterocycles. The minimum Gasteiger partial charge on any atom is -0.493 e. The van der Waals surface area contributed by atoms with Gasteiger partial charge in [-0.25, -0.2) is 10.9 Å². The summed E-state index contributed by atoms with van der Waals surface area (Å²) in [7, 11) is 5.02. The Hall–Kier alpha value is -3.92. The number of methoxy groups -OCH3 is 3. The molecule has 0 atom stereocenters. The SMILES string of the molecule is CC.CF.COc1cc(/C=N/NC(=O)c2cccc(/C=C/C(=O)NO)c2)cc(OC)c1OC. The number of carbonyl (C=O) groups excluding carboxylic acids is 2. The predicted octanol–water partition coefficient (Wildman–Crippen LogP) is 3.61. The number of alkyl halides is 1. The second-order valence-corrected chi connectivity index (χ2v) is 5.59. The lowest BCUT2D eigenvalue weighted by Crippen LogP contribution is -2.17. The average molecular weight is 464 g/mol. The highest BCUT2D eigenvalue weighted by molar-refractivity contribution is 5.96. The van der Waals surface area contributed by atoms with Gasteiger partial charge in [-0.05, 0) is 35.9 Å². The Bertz CT molecular complexity index is 923. The lowest BCUT2D eigenvalue weighted by molar-refractivity contribution is -0.124. The van der Waals surface area contributed by atoms with Crippen LogP contribution in [0.2, 0.25) is 0 Å². The number of hydroxylamine groups is 1. The van der Waals surface area contributed by atoms with E-state index in [4.69, 9.17) is 19.4 Å². The second-order valence-electron chi connectivity index (χ2n) is 5.59. The number of ether oxygens (including phenoxy) is 3. The Labute approximate surface area is 192 Å². The first-order chi connectivity index (χ1) is 16.0. The molecule has 0 saturated heterocycles. The van der Waals surface area contributed by atoms with Gasteiger partial charge in [0.05, 0.1) is 34.7 Å². The minimum absolute atomic E-state index is 0.346. The monoisotopic (exact) mass is 463 g/mol. The molecule has 0 bridgehead atoms. The number of halogens is 1. The quantitative estimate of drug-likeness (QED) is 0.238. The Kier molecular flexibility index (Phi) is 14.7. The van der Waals surface area contributed by atoms with E-state index in [0.29, 0.717) is 41.1 Å². The Balaban J connectivity index is 0.00000242. The molecule has 2 rings (SSSR count). The van der Waals surface area contributed by atoms with Crippen molar-refractivity contribution in [2.24, 2.45) is 5.10 Å². The zero-order valence-electron chi connectivity index (χ0n) is 19.5. The Morgan fingerprint density at radius 2 is 1.58 bits per heavy atom. The summed E-state index contributed by atoms with van der Waals surface area (Å²) in [6.45, 7) is 4.00. The molecule has 0 aliphatic rings. The number of nitrogens with zero attached hydrogens (tertiary/aromatic N) is 1. The van der Waals surface area contributed by atoms with Crippen LogP contribution in [0.4, 0.5) is 4.39 Å². The third kappa shape index (κ3) is 9.40. The van der Waals surface area contributed by atoms with Crippen molar-refractivity contribution in [3.05, 3.63) is 59.2 Å². The molecule has 0 aromatic heterocycles. The zero-order chi connectivity index (χ0) is 25.2. The first-order valence-electron chi connectivity index (χ1n) is 9.75. The molecule has 0 aliphatic carbocycles. The molecule has 2 amide bonds. The summed E-state index contributed by atoms with van der Waals surface area (Å²) in [4.78, 5) is 23.3. The van der Waals surface area contributed by atoms with Crippen LogP contribution >= 0.6 is 0 Å². The highest BCUT2D eigenvalue weighted by Gasteiger charge is 2.12. The number of benzene rings is 2. The fourth-order valence-electron chi connectivity index (χ4n) is 2.40. The molecule has 9 nitrogen and oxygen atoms in total. The van der Waals surface area contributed by atoms with Crippen LogP contribution in [0.3, 0.4) is 0 Å². The van der Waals surface area contributed by atoms with Crippen LogP contribution in [0.1, 0.15) is 35.3 Å². The van der Waals surface area contributed by atoms with Gasteiger partial charge in [0.2, 0.25) is 5.75 Å². The van der Waals surface area contributed by atoms with E-state index >= 15 is 0 Å². The van der Waals surface area contributed by atoms with E-state index in [0.717, 1.165) is 6.08 Å². The van der Waals surface area contributed by atoms with Crippen molar-refractivity contribution in [1.29, 1.82) is 0 Å². The first-order valence-corrected chi connectivity index (χ1v) is 9.75. The maximum Gasteiger partial charge on any atom is 0.271 e. The summed E-state index contributed by atoms with van der Waals surface area (Å²) in [6, 6.07) is 9.92. The average Bonchev–Trinajstić information content (AvgIpc) is 2.88. The lowest BCUT2D eigenvalue weighted by Gasteiger charge is -2.12. The van der Waals surface area contributed by atoms with Crippen LogP contribution in [0.5, 0.6) is 17.2 Å². The van der Waals surface area contributed by atoms with Gasteiger partial charge in [0.15, 0.2) is 11.5 Å². The largest absolute Gasteiger partial charge is 0.493 e. The number of nitrogens with one attached hydrogen (secondary N) is 2. The fraction of sp³-hybridized carbons (Fsp3) is 0.261. The molecule has 3 N–H and O–H groups in total. The van der Waals surface area contributed by atoms with Gasteiger partial charge in [-0.3, -0.25) is 19.2 Å². The van der Waals surface area contributed by atoms with Crippen LogP contribution in [0.25, 0.3) is 6.08 Å². The molecule has 0 unspecified atom stereocenters. The molecule has 33 heavy (non-hydrogen) atoms. The summed E-state index contributed by atoms with van der Waals surface area (Å²) in [5.41, 5.74) is 5.50. The first kappa shape index (κ1) is 29.1. The number of hydrogen-bond acceptors (Lipinski definition) is 7. The molecule has 10 heteroatoms. The fourth-order valence-corrected chi connectivity index (χ4v) is 2.40. The summed E-state index contributed by atoms with van der Waals surface area (Å²) in [5, 5.41) is 12.4. The van der Waals surface area contributed by atoms with Crippen LogP contribution in [-0.2, 0) is 4.79 Å². The van der Waals surface area contributed by atoms with Gasteiger partial charge in [0.1, 0.15) is 0 Å². The van der Waals surface area contributed by atoms with Crippen molar-refractivity contribution in [3.63, 3.8) is 0 Å². The van der Waals surface area contributed by atoms with E-state index in [-0.39, 0.29) is 0 Å². The van der Waals surface area contributed by atoms with Gasteiger partial charge >= 0.3 is 0 Å². The van der Waals surface area contributed by atoms with Crippen LogP contribution < -0.4 is 25.1 Å². The third-order valence-electron chi connectivity index (χ3n) is 3.75. The Morgan fingerprint density at radius 3 is 2.09 bits per heavy atom. The Morgan fingerprint density at radius 1 is 0.970 bits per heavy atom. The third-order valence-corrected chi connectivity index (χ3v) is 3.75. The zero-order valence-corrected chi connectivity index (χ0v) is 19.5. The van der Waals surface area contributed by atoms with Gasteiger partial charge in [-0.2, -0.15) is 5.10 Å². The highest BCUT2D eigenvalue weighted by Crippen LogP contribution is 2.37. The van der Waals surface area contributed by atoms with Crippen molar-refractivity contribution in [2.45, 2.75) is 13.8 Å². The minimum atomic E-state index is -0.671. The number of hydrazone groups is 1. The van der Waals surface area contributed by atoms with Crippen molar-refractivity contribution in [2.75, 3.05) is 28.5 Å². The van der Waals surface area contributed by atoms with Gasteiger partial charge < -0.3 is 14.2 Å². The van der Waals surface area contributed by atoms with Gasteiger partial charge in [0.25, 0.3) is 11.8 Å². The maximum absolute atomic E-state index is 12.3. The second kappa shape index (κ2) is 16.7. The van der Waals surface area contributed by atoms with Crippen LogP contribution in [0.15, 0.2) is 47.6 Å². The molecule has 0 radical (unpaired) electrons. The van der Waals surface area contributed by atoms with Crippen molar-refractivity contribution in [1.82, 2.24) is 10.9 Å². The van der Waals surface area contributed by atoms with Crippen molar-refractivity contribution in [3.8, 4) is 17.2 Å². The van der Waals surface area contributed by atoms with E-state index in [1.807, 2.05) is 13.8 Å². The standard InChI is InChI=1S/C20H21N3O6.C2H6.CH3F/c1-27-16-10-14(11-17(28-2)19(16)29-3)12-21-22-20(25)15-6-4-5-13(9-15)7-8-18(24)23-26;2*1-2/h4-12,26H,1-3H3,(H,22,25)(H,23,24);1-2H3;1H3/b8-7+,21-12+;;. The van der Waals surface area contributed by atoms with Gasteiger partial charge in [0, 0.05) is 17.2 Å². The highest BCUT2D eigenvalue weighted by atomic mass is 19.1.